The molecule has 4 heterocycles. The van der Waals surface area contributed by atoms with Crippen molar-refractivity contribution in [3.8, 4) is 5.82 Å². The standard InChI is InChI=1S/C18H17Cl2N9O/c1-10(21-2)16-13(9-22-15-7-14(20)27-29(15)16)26-18(30)25-11-6-12(19)17(23-8-11)28-5-3-4-24-28/h3-10,21H,1-2H3,(H2,25,26,30)/t10-/m0/s1. The maximum absolute atomic E-state index is 12.6. The largest absolute Gasteiger partial charge is 0.323 e. The van der Waals surface area contributed by atoms with Gasteiger partial charge in [-0.05, 0) is 26.1 Å². The summed E-state index contributed by atoms with van der Waals surface area (Å²) >= 11 is 12.3. The lowest BCUT2D eigenvalue weighted by Crippen LogP contribution is -2.24. The SMILES string of the molecule is CN[C@@H](C)c1c(NC(=O)Nc2cnc(-n3cccn3)c(Cl)c2)cnc2cc(Cl)nn12. The van der Waals surface area contributed by atoms with Crippen LogP contribution in [0.2, 0.25) is 10.2 Å². The summed E-state index contributed by atoms with van der Waals surface area (Å²) in [5, 5.41) is 17.6. The van der Waals surface area contributed by atoms with Crippen molar-refractivity contribution in [1.82, 2.24) is 34.7 Å². The molecule has 2 amide bonds. The maximum Gasteiger partial charge on any atom is 0.323 e. The van der Waals surface area contributed by atoms with Gasteiger partial charge in [0.2, 0.25) is 0 Å². The summed E-state index contributed by atoms with van der Waals surface area (Å²) in [6.07, 6.45) is 6.40. The number of urea groups is 1. The zero-order valence-corrected chi connectivity index (χ0v) is 17.5. The predicted octanol–water partition coefficient (Wildman–Crippen LogP) is 3.54. The lowest BCUT2D eigenvalue weighted by Gasteiger charge is -2.17. The van der Waals surface area contributed by atoms with E-state index < -0.39 is 6.03 Å². The minimum atomic E-state index is -0.483. The molecule has 0 unspecified atom stereocenters. The van der Waals surface area contributed by atoms with Crippen molar-refractivity contribution in [2.24, 2.45) is 0 Å². The number of nitrogens with zero attached hydrogens (tertiary/aromatic N) is 6. The molecular weight excluding hydrogens is 429 g/mol. The Balaban J connectivity index is 1.57. The molecular formula is C18H17Cl2N9O. The number of pyridine rings is 1. The number of carbonyl (C=O) groups is 1. The zero-order chi connectivity index (χ0) is 21.3. The molecule has 0 aliphatic heterocycles. The van der Waals surface area contributed by atoms with Gasteiger partial charge in [0.25, 0.3) is 0 Å². The summed E-state index contributed by atoms with van der Waals surface area (Å²) in [5.74, 6) is 0.461. The van der Waals surface area contributed by atoms with Crippen molar-refractivity contribution < 1.29 is 4.79 Å². The van der Waals surface area contributed by atoms with E-state index >= 15 is 0 Å². The summed E-state index contributed by atoms with van der Waals surface area (Å²) in [7, 11) is 1.81. The lowest BCUT2D eigenvalue weighted by molar-refractivity contribution is 0.262. The van der Waals surface area contributed by atoms with Gasteiger partial charge in [-0.25, -0.2) is 24.0 Å². The van der Waals surface area contributed by atoms with Crippen LogP contribution < -0.4 is 16.0 Å². The highest BCUT2D eigenvalue weighted by molar-refractivity contribution is 6.32. The Labute approximate surface area is 181 Å². The van der Waals surface area contributed by atoms with Crippen LogP contribution in [-0.2, 0) is 0 Å². The van der Waals surface area contributed by atoms with E-state index in [0.29, 0.717) is 38.7 Å². The van der Waals surface area contributed by atoms with Crippen LogP contribution in [0.15, 0.2) is 43.0 Å². The van der Waals surface area contributed by atoms with Gasteiger partial charge in [0.15, 0.2) is 16.6 Å². The first-order valence-corrected chi connectivity index (χ1v) is 9.67. The number of halogens is 2. The number of rotatable bonds is 5. The van der Waals surface area contributed by atoms with E-state index in [1.807, 2.05) is 6.92 Å². The second-order valence-electron chi connectivity index (χ2n) is 6.36. The van der Waals surface area contributed by atoms with Crippen LogP contribution in [0.5, 0.6) is 0 Å². The van der Waals surface area contributed by atoms with Crippen LogP contribution in [-0.4, -0.2) is 42.4 Å². The second kappa shape index (κ2) is 8.27. The van der Waals surface area contributed by atoms with Crippen molar-refractivity contribution in [2.45, 2.75) is 13.0 Å². The van der Waals surface area contributed by atoms with Gasteiger partial charge < -0.3 is 16.0 Å². The summed E-state index contributed by atoms with van der Waals surface area (Å²) in [5.41, 5.74) is 2.18. The van der Waals surface area contributed by atoms with Crippen LogP contribution in [0.4, 0.5) is 16.2 Å². The first-order valence-electron chi connectivity index (χ1n) is 8.91. The Bertz CT molecular complexity index is 1210. The monoisotopic (exact) mass is 445 g/mol. The number of amides is 2. The Hall–Kier alpha value is -3.21. The normalized spacial score (nSPS) is 12.1. The van der Waals surface area contributed by atoms with E-state index in [4.69, 9.17) is 23.2 Å². The number of nitrogens with one attached hydrogen (secondary N) is 3. The topological polar surface area (TPSA) is 114 Å². The molecule has 154 valence electrons. The molecule has 3 N–H and O–H groups in total. The highest BCUT2D eigenvalue weighted by Crippen LogP contribution is 2.25. The molecule has 0 aliphatic rings. The molecule has 4 aromatic rings. The minimum absolute atomic E-state index is 0.133. The fraction of sp³-hybridized carbons (Fsp3) is 0.167. The average Bonchev–Trinajstić information content (AvgIpc) is 3.36. The third kappa shape index (κ3) is 3.92. The van der Waals surface area contributed by atoms with Crippen molar-refractivity contribution in [3.05, 3.63) is 58.9 Å². The van der Waals surface area contributed by atoms with E-state index in [0.717, 1.165) is 0 Å². The predicted molar refractivity (Wildman–Crippen MR) is 114 cm³/mol. The van der Waals surface area contributed by atoms with Gasteiger partial charge in [0, 0.05) is 24.5 Å². The molecule has 0 spiro atoms. The Morgan fingerprint density at radius 2 is 2.00 bits per heavy atom. The van der Waals surface area contributed by atoms with Crippen LogP contribution in [0, 0.1) is 0 Å². The molecule has 0 aromatic carbocycles. The number of carbonyl (C=O) groups excluding carboxylic acids is 1. The third-order valence-corrected chi connectivity index (χ3v) is 4.85. The fourth-order valence-corrected chi connectivity index (χ4v) is 3.35. The van der Waals surface area contributed by atoms with E-state index in [1.165, 1.54) is 10.9 Å². The van der Waals surface area contributed by atoms with Crippen LogP contribution >= 0.6 is 23.2 Å². The smallest absolute Gasteiger partial charge is 0.312 e. The van der Waals surface area contributed by atoms with Gasteiger partial charge in [0.1, 0.15) is 0 Å². The molecule has 10 nitrogen and oxygen atoms in total. The molecule has 0 saturated heterocycles. The van der Waals surface area contributed by atoms with Gasteiger partial charge in [-0.3, -0.25) is 0 Å². The Morgan fingerprint density at radius 3 is 2.70 bits per heavy atom. The first-order chi connectivity index (χ1) is 14.5. The van der Waals surface area contributed by atoms with Gasteiger partial charge in [-0.2, -0.15) is 10.2 Å². The number of fused-ring (bicyclic) bond motifs is 1. The van der Waals surface area contributed by atoms with Crippen LogP contribution in [0.3, 0.4) is 0 Å². The molecule has 30 heavy (non-hydrogen) atoms. The first kappa shape index (κ1) is 20.1. The van der Waals surface area contributed by atoms with E-state index in [1.54, 1.807) is 48.4 Å². The molecule has 0 fully saturated rings. The van der Waals surface area contributed by atoms with E-state index in [9.17, 15) is 4.79 Å². The maximum atomic E-state index is 12.6. The number of hydrogen-bond acceptors (Lipinski definition) is 6. The number of aromatic nitrogens is 6. The lowest BCUT2D eigenvalue weighted by atomic mass is 10.2. The Kier molecular flexibility index (Phi) is 5.53. The highest BCUT2D eigenvalue weighted by Gasteiger charge is 2.18. The molecule has 0 aliphatic carbocycles. The van der Waals surface area contributed by atoms with Crippen molar-refractivity contribution >= 4 is 46.3 Å². The number of anilines is 2. The van der Waals surface area contributed by atoms with Crippen molar-refractivity contribution in [1.29, 1.82) is 0 Å². The summed E-state index contributed by atoms with van der Waals surface area (Å²) < 4.78 is 3.13. The molecule has 12 heteroatoms. The van der Waals surface area contributed by atoms with E-state index in [-0.39, 0.29) is 6.04 Å². The summed E-state index contributed by atoms with van der Waals surface area (Å²) in [6.45, 7) is 1.94. The van der Waals surface area contributed by atoms with Crippen LogP contribution in [0.1, 0.15) is 18.7 Å². The van der Waals surface area contributed by atoms with Gasteiger partial charge in [0.05, 0.1) is 34.5 Å². The second-order valence-corrected chi connectivity index (χ2v) is 7.16. The molecule has 0 radical (unpaired) electrons. The quantitative estimate of drug-likeness (QED) is 0.432. The number of hydrogen-bond donors (Lipinski definition) is 3. The molecule has 0 saturated carbocycles. The van der Waals surface area contributed by atoms with Crippen LogP contribution in [0.25, 0.3) is 11.5 Å². The Morgan fingerprint density at radius 1 is 1.17 bits per heavy atom. The molecule has 1 atom stereocenters. The third-order valence-electron chi connectivity index (χ3n) is 4.38. The average molecular weight is 446 g/mol. The van der Waals surface area contributed by atoms with Crippen molar-refractivity contribution in [2.75, 3.05) is 17.7 Å². The van der Waals surface area contributed by atoms with Gasteiger partial charge >= 0.3 is 6.03 Å². The molecule has 4 aromatic heterocycles. The minimum Gasteiger partial charge on any atom is -0.312 e. The fourth-order valence-electron chi connectivity index (χ4n) is 2.92. The van der Waals surface area contributed by atoms with E-state index in [2.05, 4.69) is 36.1 Å². The zero-order valence-electron chi connectivity index (χ0n) is 16.0. The molecule has 4 rings (SSSR count). The van der Waals surface area contributed by atoms with Gasteiger partial charge in [-0.15, -0.1) is 0 Å². The summed E-state index contributed by atoms with van der Waals surface area (Å²) in [4.78, 5) is 21.2. The van der Waals surface area contributed by atoms with Gasteiger partial charge in [-0.1, -0.05) is 23.2 Å². The summed E-state index contributed by atoms with van der Waals surface area (Å²) in [6, 6.07) is 4.39. The molecule has 0 bridgehead atoms. The highest BCUT2D eigenvalue weighted by atomic mass is 35.5. The van der Waals surface area contributed by atoms with Crippen molar-refractivity contribution in [3.63, 3.8) is 0 Å².